The van der Waals surface area contributed by atoms with E-state index in [4.69, 9.17) is 0 Å². The maximum absolute atomic E-state index is 4.19. The second-order valence-corrected chi connectivity index (χ2v) is 5.25. The van der Waals surface area contributed by atoms with Crippen LogP contribution in [-0.2, 0) is 0 Å². The summed E-state index contributed by atoms with van der Waals surface area (Å²) in [6.45, 7) is 9.61. The highest BCUT2D eigenvalue weighted by Gasteiger charge is 2.18. The molecule has 0 aromatic carbocycles. The fraction of sp³-hybridized carbons (Fsp3) is 0.917. The highest BCUT2D eigenvalue weighted by atomic mass is 127. The van der Waals surface area contributed by atoms with E-state index in [9.17, 15) is 0 Å². The Balaban J connectivity index is 0. The molecule has 0 atom stereocenters. The van der Waals surface area contributed by atoms with E-state index in [0.29, 0.717) is 0 Å². The summed E-state index contributed by atoms with van der Waals surface area (Å²) in [7, 11) is 6.02. The van der Waals surface area contributed by atoms with Crippen LogP contribution in [0, 0.1) is 5.41 Å². The van der Waals surface area contributed by atoms with Crippen LogP contribution in [0.4, 0.5) is 0 Å². The van der Waals surface area contributed by atoms with E-state index < -0.39 is 0 Å². The number of guanidine groups is 1. The molecule has 0 aliphatic rings. The molecule has 0 aliphatic heterocycles. The van der Waals surface area contributed by atoms with Gasteiger partial charge >= 0.3 is 0 Å². The highest BCUT2D eigenvalue weighted by Crippen LogP contribution is 2.13. The van der Waals surface area contributed by atoms with Crippen LogP contribution in [0.3, 0.4) is 0 Å². The lowest BCUT2D eigenvalue weighted by Crippen LogP contribution is -2.45. The summed E-state index contributed by atoms with van der Waals surface area (Å²) in [5.41, 5.74) is 0.243. The summed E-state index contributed by atoms with van der Waals surface area (Å²) in [4.78, 5) is 6.40. The number of rotatable bonds is 6. The molecule has 5 heteroatoms. The summed E-state index contributed by atoms with van der Waals surface area (Å²) in [6.07, 6.45) is 1.11. The first-order chi connectivity index (χ1) is 7.41. The first kappa shape index (κ1) is 19.3. The topological polar surface area (TPSA) is 39.7 Å². The van der Waals surface area contributed by atoms with Crippen molar-refractivity contribution in [3.8, 4) is 0 Å². The number of halogens is 1. The maximum Gasteiger partial charge on any atom is 0.190 e. The summed E-state index contributed by atoms with van der Waals surface area (Å²) in [5.74, 6) is 0.897. The maximum atomic E-state index is 4.19. The smallest absolute Gasteiger partial charge is 0.190 e. The predicted molar refractivity (Wildman–Crippen MR) is 87.4 cm³/mol. The Morgan fingerprint density at radius 1 is 1.24 bits per heavy atom. The van der Waals surface area contributed by atoms with E-state index in [1.54, 1.807) is 0 Å². The van der Waals surface area contributed by atoms with Crippen LogP contribution >= 0.6 is 24.0 Å². The van der Waals surface area contributed by atoms with Crippen LogP contribution in [0.15, 0.2) is 4.99 Å². The third-order valence-corrected chi connectivity index (χ3v) is 2.24. The van der Waals surface area contributed by atoms with Gasteiger partial charge in [0, 0.05) is 26.7 Å². The number of nitrogens with zero attached hydrogens (tertiary/aromatic N) is 2. The van der Waals surface area contributed by atoms with Gasteiger partial charge in [0.25, 0.3) is 0 Å². The van der Waals surface area contributed by atoms with Crippen molar-refractivity contribution in [1.82, 2.24) is 15.5 Å². The minimum Gasteiger partial charge on any atom is -0.356 e. The molecule has 0 radical (unpaired) electrons. The van der Waals surface area contributed by atoms with Crippen molar-refractivity contribution >= 4 is 29.9 Å². The Morgan fingerprint density at radius 3 is 2.24 bits per heavy atom. The van der Waals surface area contributed by atoms with Gasteiger partial charge in [-0.15, -0.1) is 24.0 Å². The van der Waals surface area contributed by atoms with E-state index in [1.807, 2.05) is 7.05 Å². The van der Waals surface area contributed by atoms with Crippen molar-refractivity contribution in [1.29, 1.82) is 0 Å². The molecule has 4 nitrogen and oxygen atoms in total. The first-order valence-electron chi connectivity index (χ1n) is 6.00. The van der Waals surface area contributed by atoms with Gasteiger partial charge in [-0.05, 0) is 25.9 Å². The zero-order valence-corrected chi connectivity index (χ0v) is 14.5. The predicted octanol–water partition coefficient (Wildman–Crippen LogP) is 1.77. The number of hydrogen-bond acceptors (Lipinski definition) is 2. The minimum atomic E-state index is 0. The zero-order valence-electron chi connectivity index (χ0n) is 12.1. The van der Waals surface area contributed by atoms with E-state index in [2.05, 4.69) is 55.4 Å². The Labute approximate surface area is 124 Å². The molecule has 0 fully saturated rings. The van der Waals surface area contributed by atoms with Gasteiger partial charge < -0.3 is 15.5 Å². The molecule has 0 saturated heterocycles. The van der Waals surface area contributed by atoms with Crippen molar-refractivity contribution < 1.29 is 0 Å². The lowest BCUT2D eigenvalue weighted by Gasteiger charge is -2.29. The molecule has 17 heavy (non-hydrogen) atoms. The standard InChI is InChI=1S/C12H28N4.HI/c1-7-8-14-11(13-4)15-9-12(2,3)10-16(5)6;/h7-10H2,1-6H3,(H2,13,14,15);1H. The lowest BCUT2D eigenvalue weighted by molar-refractivity contribution is 0.241. The molecule has 2 N–H and O–H groups in total. The molecule has 104 valence electrons. The molecule has 0 amide bonds. The summed E-state index contributed by atoms with van der Waals surface area (Å²) in [5, 5.41) is 6.63. The Morgan fingerprint density at radius 2 is 1.82 bits per heavy atom. The fourth-order valence-corrected chi connectivity index (χ4v) is 1.70. The fourth-order valence-electron chi connectivity index (χ4n) is 1.70. The average Bonchev–Trinajstić information content (AvgIpc) is 2.16. The lowest BCUT2D eigenvalue weighted by atomic mass is 9.93. The van der Waals surface area contributed by atoms with Gasteiger partial charge in [0.15, 0.2) is 5.96 Å². The van der Waals surface area contributed by atoms with Gasteiger partial charge in [-0.25, -0.2) is 0 Å². The quantitative estimate of drug-likeness (QED) is 0.433. The van der Waals surface area contributed by atoms with E-state index in [1.165, 1.54) is 0 Å². The Bertz CT molecular complexity index is 215. The molecular formula is C12H29IN4. The van der Waals surface area contributed by atoms with Crippen molar-refractivity contribution in [2.24, 2.45) is 10.4 Å². The van der Waals surface area contributed by atoms with Crippen molar-refractivity contribution in [3.63, 3.8) is 0 Å². The number of hydrogen-bond donors (Lipinski definition) is 2. The third-order valence-electron chi connectivity index (χ3n) is 2.24. The van der Waals surface area contributed by atoms with Gasteiger partial charge in [0.2, 0.25) is 0 Å². The molecule has 0 rings (SSSR count). The van der Waals surface area contributed by atoms with Crippen molar-refractivity contribution in [2.75, 3.05) is 40.8 Å². The molecule has 0 aliphatic carbocycles. The largest absolute Gasteiger partial charge is 0.356 e. The molecule has 0 heterocycles. The highest BCUT2D eigenvalue weighted by molar-refractivity contribution is 14.0. The van der Waals surface area contributed by atoms with Gasteiger partial charge in [0.05, 0.1) is 0 Å². The first-order valence-corrected chi connectivity index (χ1v) is 6.00. The second kappa shape index (κ2) is 9.94. The van der Waals surface area contributed by atoms with Crippen molar-refractivity contribution in [3.05, 3.63) is 0 Å². The molecule has 0 aromatic heterocycles. The second-order valence-electron chi connectivity index (χ2n) is 5.25. The van der Waals surface area contributed by atoms with Crippen molar-refractivity contribution in [2.45, 2.75) is 27.2 Å². The van der Waals surface area contributed by atoms with Crippen LogP contribution in [0.25, 0.3) is 0 Å². The molecule has 0 spiro atoms. The zero-order chi connectivity index (χ0) is 12.6. The van der Waals surface area contributed by atoms with Crippen LogP contribution < -0.4 is 10.6 Å². The van der Waals surface area contributed by atoms with Gasteiger partial charge in [-0.1, -0.05) is 20.8 Å². The number of nitrogens with one attached hydrogen (secondary N) is 2. The summed E-state index contributed by atoms with van der Waals surface area (Å²) >= 11 is 0. The summed E-state index contributed by atoms with van der Waals surface area (Å²) in [6, 6.07) is 0. The molecule has 0 saturated carbocycles. The van der Waals surface area contributed by atoms with Crippen LogP contribution in [-0.4, -0.2) is 51.6 Å². The van der Waals surface area contributed by atoms with Crippen LogP contribution in [0.5, 0.6) is 0 Å². The van der Waals surface area contributed by atoms with E-state index in [0.717, 1.165) is 32.0 Å². The monoisotopic (exact) mass is 356 g/mol. The average molecular weight is 356 g/mol. The Hall–Kier alpha value is -0.0400. The molecule has 0 bridgehead atoms. The SMILES string of the molecule is CCCNC(=NC)NCC(C)(C)CN(C)C.I. The normalized spacial score (nSPS) is 12.3. The number of aliphatic imine (C=N–C) groups is 1. The van der Waals surface area contributed by atoms with Crippen LogP contribution in [0.2, 0.25) is 0 Å². The van der Waals surface area contributed by atoms with E-state index in [-0.39, 0.29) is 29.4 Å². The third kappa shape index (κ3) is 10.8. The molecule has 0 aromatic rings. The summed E-state index contributed by atoms with van der Waals surface area (Å²) < 4.78 is 0. The van der Waals surface area contributed by atoms with Gasteiger partial charge in [-0.2, -0.15) is 0 Å². The molecule has 0 unspecified atom stereocenters. The molecular weight excluding hydrogens is 327 g/mol. The van der Waals surface area contributed by atoms with Crippen LogP contribution in [0.1, 0.15) is 27.2 Å². The van der Waals surface area contributed by atoms with Gasteiger partial charge in [-0.3, -0.25) is 4.99 Å². The Kier molecular flexibility index (Phi) is 11.3. The van der Waals surface area contributed by atoms with Gasteiger partial charge in [0.1, 0.15) is 0 Å². The van der Waals surface area contributed by atoms with E-state index >= 15 is 0 Å². The minimum absolute atomic E-state index is 0.